The van der Waals surface area contributed by atoms with Crippen molar-refractivity contribution < 1.29 is 13.2 Å². The summed E-state index contributed by atoms with van der Waals surface area (Å²) in [5, 5.41) is 10.2. The van der Waals surface area contributed by atoms with Gasteiger partial charge in [-0.3, -0.25) is 0 Å². The van der Waals surface area contributed by atoms with E-state index in [-0.39, 0.29) is 11.3 Å². The molecule has 1 aromatic carbocycles. The molecule has 0 atom stereocenters. The van der Waals surface area contributed by atoms with Crippen LogP contribution in [0.5, 0.6) is 0 Å². The molecule has 0 saturated carbocycles. The van der Waals surface area contributed by atoms with Crippen LogP contribution in [-0.4, -0.2) is 10.2 Å². The lowest BCUT2D eigenvalue weighted by Gasteiger charge is -2.00. The average molecular weight is 324 g/mol. The fourth-order valence-corrected chi connectivity index (χ4v) is 3.18. The number of thioether (sulfide) groups is 1. The molecule has 0 fully saturated rings. The van der Waals surface area contributed by atoms with Crippen LogP contribution < -0.4 is 0 Å². The van der Waals surface area contributed by atoms with E-state index >= 15 is 0 Å². The van der Waals surface area contributed by atoms with Crippen molar-refractivity contribution >= 4 is 23.1 Å². The Labute approximate surface area is 128 Å². The first-order chi connectivity index (χ1) is 10.2. The van der Waals surface area contributed by atoms with E-state index < -0.39 is 11.6 Å². The summed E-state index contributed by atoms with van der Waals surface area (Å²) in [4.78, 5) is 1.13. The molecule has 0 bridgehead atoms. The van der Waals surface area contributed by atoms with Gasteiger partial charge in [-0.05, 0) is 17.5 Å². The molecule has 108 valence electrons. The Balaban J connectivity index is 1.63. The summed E-state index contributed by atoms with van der Waals surface area (Å²) in [5.41, 5.74) is 0.276. The van der Waals surface area contributed by atoms with Crippen LogP contribution in [0.4, 0.5) is 8.78 Å². The molecule has 0 aliphatic carbocycles. The molecule has 2 heterocycles. The molecule has 0 saturated heterocycles. The number of thiophene rings is 1. The summed E-state index contributed by atoms with van der Waals surface area (Å²) in [5.74, 6) is -0.926. The SMILES string of the molecule is Fc1cccc(CSc2nnc(Cc3cccs3)o2)c1F. The molecule has 2 aromatic heterocycles. The van der Waals surface area contributed by atoms with Gasteiger partial charge in [-0.15, -0.1) is 21.5 Å². The molecular formula is C14H10F2N2OS2. The molecule has 0 aliphatic heterocycles. The van der Waals surface area contributed by atoms with Crippen molar-refractivity contribution in [3.05, 3.63) is 63.7 Å². The van der Waals surface area contributed by atoms with Gasteiger partial charge in [-0.2, -0.15) is 0 Å². The zero-order valence-electron chi connectivity index (χ0n) is 10.8. The number of hydrogen-bond donors (Lipinski definition) is 0. The lowest BCUT2D eigenvalue weighted by Crippen LogP contribution is -1.91. The largest absolute Gasteiger partial charge is 0.416 e. The third-order valence-corrected chi connectivity index (χ3v) is 4.48. The van der Waals surface area contributed by atoms with Crippen LogP contribution in [-0.2, 0) is 12.2 Å². The maximum absolute atomic E-state index is 13.5. The van der Waals surface area contributed by atoms with Gasteiger partial charge in [0.25, 0.3) is 5.22 Å². The Morgan fingerprint density at radius 1 is 1.14 bits per heavy atom. The van der Waals surface area contributed by atoms with Crippen LogP contribution in [0.3, 0.4) is 0 Å². The highest BCUT2D eigenvalue weighted by atomic mass is 32.2. The lowest BCUT2D eigenvalue weighted by molar-refractivity contribution is 0.420. The van der Waals surface area contributed by atoms with E-state index in [9.17, 15) is 8.78 Å². The van der Waals surface area contributed by atoms with E-state index in [1.807, 2.05) is 17.5 Å². The van der Waals surface area contributed by atoms with E-state index in [4.69, 9.17) is 4.42 Å². The molecular weight excluding hydrogens is 314 g/mol. The van der Waals surface area contributed by atoms with Crippen LogP contribution in [0.15, 0.2) is 45.4 Å². The predicted octanol–water partition coefficient (Wildman–Crippen LogP) is 4.29. The zero-order valence-corrected chi connectivity index (χ0v) is 12.4. The highest BCUT2D eigenvalue weighted by Crippen LogP contribution is 2.24. The molecule has 0 aliphatic rings. The number of hydrogen-bond acceptors (Lipinski definition) is 5. The van der Waals surface area contributed by atoms with Crippen LogP contribution in [0.25, 0.3) is 0 Å². The summed E-state index contributed by atoms with van der Waals surface area (Å²) < 4.78 is 32.1. The second-order valence-corrected chi connectivity index (χ2v) is 6.18. The second kappa shape index (κ2) is 6.36. The first kappa shape index (κ1) is 14.2. The second-order valence-electron chi connectivity index (χ2n) is 4.22. The Hall–Kier alpha value is -1.73. The molecule has 7 heteroatoms. The van der Waals surface area contributed by atoms with Crippen molar-refractivity contribution in [3.8, 4) is 0 Å². The van der Waals surface area contributed by atoms with E-state index in [0.29, 0.717) is 17.5 Å². The monoisotopic (exact) mass is 324 g/mol. The molecule has 0 amide bonds. The number of benzene rings is 1. The standard InChI is InChI=1S/C14H10F2N2OS2/c15-11-5-1-3-9(13(11)16)8-21-14-18-17-12(19-14)7-10-4-2-6-20-10/h1-6H,7-8H2. The quantitative estimate of drug-likeness (QED) is 0.656. The summed E-state index contributed by atoms with van der Waals surface area (Å²) in [6.07, 6.45) is 0.583. The van der Waals surface area contributed by atoms with Crippen molar-refractivity contribution in [1.82, 2.24) is 10.2 Å². The summed E-state index contributed by atoms with van der Waals surface area (Å²) in [7, 11) is 0. The van der Waals surface area contributed by atoms with Crippen molar-refractivity contribution in [3.63, 3.8) is 0 Å². The number of rotatable bonds is 5. The predicted molar refractivity (Wildman–Crippen MR) is 77.3 cm³/mol. The molecule has 21 heavy (non-hydrogen) atoms. The minimum Gasteiger partial charge on any atom is -0.416 e. The van der Waals surface area contributed by atoms with Crippen molar-refractivity contribution in [2.24, 2.45) is 0 Å². The van der Waals surface area contributed by atoms with Crippen LogP contribution in [0.2, 0.25) is 0 Å². The third-order valence-electron chi connectivity index (χ3n) is 2.74. The van der Waals surface area contributed by atoms with Gasteiger partial charge in [0.1, 0.15) is 0 Å². The molecule has 3 rings (SSSR count). The molecule has 0 spiro atoms. The Bertz CT molecular complexity index is 728. The summed E-state index contributed by atoms with van der Waals surface area (Å²) >= 11 is 2.80. The Morgan fingerprint density at radius 2 is 2.05 bits per heavy atom. The first-order valence-corrected chi connectivity index (χ1v) is 7.99. The van der Waals surface area contributed by atoms with Gasteiger partial charge >= 0.3 is 0 Å². The van der Waals surface area contributed by atoms with Gasteiger partial charge in [-0.25, -0.2) is 8.78 Å². The number of halogens is 2. The van der Waals surface area contributed by atoms with E-state index in [1.54, 1.807) is 11.3 Å². The lowest BCUT2D eigenvalue weighted by atomic mass is 10.2. The average Bonchev–Trinajstić information content (AvgIpc) is 3.13. The Morgan fingerprint density at radius 3 is 2.86 bits per heavy atom. The van der Waals surface area contributed by atoms with E-state index in [1.165, 1.54) is 23.9 Å². The van der Waals surface area contributed by atoms with E-state index in [2.05, 4.69) is 10.2 Å². The first-order valence-electron chi connectivity index (χ1n) is 6.13. The third kappa shape index (κ3) is 3.48. The fourth-order valence-electron chi connectivity index (χ4n) is 1.73. The Kier molecular flexibility index (Phi) is 4.31. The summed E-state index contributed by atoms with van der Waals surface area (Å²) in [6.45, 7) is 0. The van der Waals surface area contributed by atoms with Gasteiger partial charge in [0.15, 0.2) is 11.6 Å². The fraction of sp³-hybridized carbons (Fsp3) is 0.143. The topological polar surface area (TPSA) is 38.9 Å². The number of aromatic nitrogens is 2. The zero-order chi connectivity index (χ0) is 14.7. The van der Waals surface area contributed by atoms with Gasteiger partial charge < -0.3 is 4.42 Å². The van der Waals surface area contributed by atoms with Crippen LogP contribution in [0, 0.1) is 11.6 Å². The number of nitrogens with zero attached hydrogens (tertiary/aromatic N) is 2. The minimum atomic E-state index is -0.850. The molecule has 0 N–H and O–H groups in total. The van der Waals surface area contributed by atoms with Crippen LogP contribution >= 0.6 is 23.1 Å². The normalized spacial score (nSPS) is 11.0. The maximum Gasteiger partial charge on any atom is 0.276 e. The molecule has 3 aromatic rings. The van der Waals surface area contributed by atoms with Crippen molar-refractivity contribution in [2.75, 3.05) is 0 Å². The maximum atomic E-state index is 13.5. The summed E-state index contributed by atoms with van der Waals surface area (Å²) in [6, 6.07) is 8.05. The molecule has 3 nitrogen and oxygen atoms in total. The smallest absolute Gasteiger partial charge is 0.276 e. The van der Waals surface area contributed by atoms with E-state index in [0.717, 1.165) is 10.9 Å². The van der Waals surface area contributed by atoms with Gasteiger partial charge in [-0.1, -0.05) is 30.0 Å². The van der Waals surface area contributed by atoms with Crippen LogP contribution in [0.1, 0.15) is 16.3 Å². The van der Waals surface area contributed by atoms with Gasteiger partial charge in [0, 0.05) is 16.2 Å². The van der Waals surface area contributed by atoms with Crippen molar-refractivity contribution in [2.45, 2.75) is 17.4 Å². The van der Waals surface area contributed by atoms with Gasteiger partial charge in [0.05, 0.1) is 6.42 Å². The highest BCUT2D eigenvalue weighted by Gasteiger charge is 2.11. The van der Waals surface area contributed by atoms with Gasteiger partial charge in [0.2, 0.25) is 5.89 Å². The highest BCUT2D eigenvalue weighted by molar-refractivity contribution is 7.98. The molecule has 0 radical (unpaired) electrons. The van der Waals surface area contributed by atoms with Crippen molar-refractivity contribution in [1.29, 1.82) is 0 Å². The molecule has 0 unspecified atom stereocenters. The minimum absolute atomic E-state index is 0.240.